The van der Waals surface area contributed by atoms with Crippen LogP contribution >= 0.6 is 0 Å². The standard InChI is InChI=1S/C15H20N2O4/c18-13-11-6-3-7-17(12(11)8-16-13)14(19)9-4-1-2-5-10(9)15(20)21/h1-2,9-12H,3-8H2,(H,16,18)(H,20,21)/t9-,10+,11?,12?/m1/s1. The number of carbonyl (C=O) groups excluding carboxylic acids is 2. The van der Waals surface area contributed by atoms with E-state index in [1.54, 1.807) is 4.90 Å². The number of hydrogen-bond donors (Lipinski definition) is 2. The number of allylic oxidation sites excluding steroid dienone is 2. The number of carboxylic acid groups (broad SMARTS) is 1. The highest BCUT2D eigenvalue weighted by atomic mass is 16.4. The van der Waals surface area contributed by atoms with Gasteiger partial charge in [0, 0.05) is 13.1 Å². The minimum absolute atomic E-state index is 0.0239. The number of hydrogen-bond acceptors (Lipinski definition) is 3. The zero-order valence-corrected chi connectivity index (χ0v) is 11.8. The highest BCUT2D eigenvalue weighted by Crippen LogP contribution is 2.33. The Kier molecular flexibility index (Phi) is 3.69. The molecule has 2 amide bonds. The number of carbonyl (C=O) groups is 3. The Morgan fingerprint density at radius 2 is 1.95 bits per heavy atom. The van der Waals surface area contributed by atoms with E-state index < -0.39 is 17.8 Å². The first-order valence-electron chi connectivity index (χ1n) is 7.55. The van der Waals surface area contributed by atoms with E-state index in [2.05, 4.69) is 5.32 Å². The molecule has 2 aliphatic heterocycles. The fourth-order valence-corrected chi connectivity index (χ4v) is 3.80. The number of likely N-dealkylation sites (tertiary alicyclic amines) is 1. The number of fused-ring (bicyclic) bond motifs is 1. The van der Waals surface area contributed by atoms with E-state index in [0.29, 0.717) is 25.9 Å². The molecular weight excluding hydrogens is 272 g/mol. The van der Waals surface area contributed by atoms with Crippen molar-refractivity contribution >= 4 is 17.8 Å². The van der Waals surface area contributed by atoms with Gasteiger partial charge in [0.2, 0.25) is 11.8 Å². The van der Waals surface area contributed by atoms with Crippen molar-refractivity contribution in [3.63, 3.8) is 0 Å². The van der Waals surface area contributed by atoms with E-state index in [0.717, 1.165) is 12.8 Å². The molecule has 0 bridgehead atoms. The average molecular weight is 292 g/mol. The van der Waals surface area contributed by atoms with E-state index in [4.69, 9.17) is 0 Å². The van der Waals surface area contributed by atoms with Crippen LogP contribution < -0.4 is 5.32 Å². The maximum absolute atomic E-state index is 12.8. The Bertz CT molecular complexity index is 502. The van der Waals surface area contributed by atoms with Crippen LogP contribution in [-0.4, -0.2) is 46.9 Å². The Morgan fingerprint density at radius 3 is 2.67 bits per heavy atom. The maximum atomic E-state index is 12.8. The van der Waals surface area contributed by atoms with Crippen molar-refractivity contribution in [2.75, 3.05) is 13.1 Å². The Labute approximate surface area is 123 Å². The fraction of sp³-hybridized carbons (Fsp3) is 0.667. The molecule has 1 aliphatic carbocycles. The van der Waals surface area contributed by atoms with Gasteiger partial charge in [0.1, 0.15) is 0 Å². The second-order valence-corrected chi connectivity index (χ2v) is 6.09. The van der Waals surface area contributed by atoms with Gasteiger partial charge in [-0.05, 0) is 25.7 Å². The van der Waals surface area contributed by atoms with Crippen molar-refractivity contribution in [3.05, 3.63) is 12.2 Å². The summed E-state index contributed by atoms with van der Waals surface area (Å²) in [6.07, 6.45) is 6.23. The van der Waals surface area contributed by atoms with Gasteiger partial charge in [-0.1, -0.05) is 12.2 Å². The molecule has 2 unspecified atom stereocenters. The van der Waals surface area contributed by atoms with Crippen LogP contribution in [0.3, 0.4) is 0 Å². The molecular formula is C15H20N2O4. The maximum Gasteiger partial charge on any atom is 0.307 e. The molecule has 6 nitrogen and oxygen atoms in total. The average Bonchev–Trinajstić information content (AvgIpc) is 2.88. The summed E-state index contributed by atoms with van der Waals surface area (Å²) in [4.78, 5) is 37.7. The number of nitrogens with one attached hydrogen (secondary N) is 1. The number of piperidine rings is 1. The molecule has 2 N–H and O–H groups in total. The lowest BCUT2D eigenvalue weighted by molar-refractivity contribution is -0.152. The fourth-order valence-electron chi connectivity index (χ4n) is 3.80. The van der Waals surface area contributed by atoms with Crippen molar-refractivity contribution < 1.29 is 19.5 Å². The summed E-state index contributed by atoms with van der Waals surface area (Å²) in [5, 5.41) is 12.1. The molecule has 21 heavy (non-hydrogen) atoms. The SMILES string of the molecule is O=C1NCC2C1CCCN2C(=O)[C@@H]1CC=CC[C@@H]1C(=O)O. The van der Waals surface area contributed by atoms with E-state index in [1.807, 2.05) is 12.2 Å². The minimum Gasteiger partial charge on any atom is -0.481 e. The highest BCUT2D eigenvalue weighted by molar-refractivity contribution is 5.88. The Hall–Kier alpha value is -1.85. The van der Waals surface area contributed by atoms with Crippen LogP contribution in [0.1, 0.15) is 25.7 Å². The number of rotatable bonds is 2. The van der Waals surface area contributed by atoms with E-state index >= 15 is 0 Å². The van der Waals surface area contributed by atoms with Gasteiger partial charge in [0.05, 0.1) is 23.8 Å². The zero-order valence-electron chi connectivity index (χ0n) is 11.8. The molecule has 0 aromatic heterocycles. The smallest absolute Gasteiger partial charge is 0.307 e. The summed E-state index contributed by atoms with van der Waals surface area (Å²) in [7, 11) is 0. The number of amides is 2. The molecule has 0 saturated carbocycles. The van der Waals surface area contributed by atoms with Crippen molar-refractivity contribution in [2.24, 2.45) is 17.8 Å². The number of nitrogens with zero attached hydrogens (tertiary/aromatic N) is 1. The van der Waals surface area contributed by atoms with Gasteiger partial charge in [0.25, 0.3) is 0 Å². The van der Waals surface area contributed by atoms with Gasteiger partial charge in [-0.3, -0.25) is 14.4 Å². The van der Waals surface area contributed by atoms with Crippen LogP contribution in [0.2, 0.25) is 0 Å². The van der Waals surface area contributed by atoms with Crippen LogP contribution in [0, 0.1) is 17.8 Å². The molecule has 114 valence electrons. The first-order chi connectivity index (χ1) is 10.1. The van der Waals surface area contributed by atoms with Gasteiger partial charge >= 0.3 is 5.97 Å². The normalized spacial score (nSPS) is 35.2. The lowest BCUT2D eigenvalue weighted by Gasteiger charge is -2.39. The molecule has 4 atom stereocenters. The van der Waals surface area contributed by atoms with E-state index in [1.165, 1.54) is 0 Å². The lowest BCUT2D eigenvalue weighted by Crippen LogP contribution is -2.52. The molecule has 0 aromatic rings. The molecule has 0 radical (unpaired) electrons. The molecule has 6 heteroatoms. The first-order valence-corrected chi connectivity index (χ1v) is 7.55. The third-order valence-corrected chi connectivity index (χ3v) is 4.95. The van der Waals surface area contributed by atoms with Gasteiger partial charge in [-0.25, -0.2) is 0 Å². The number of aliphatic carboxylic acids is 1. The minimum atomic E-state index is -0.910. The molecule has 0 spiro atoms. The van der Waals surface area contributed by atoms with E-state index in [9.17, 15) is 19.5 Å². The third-order valence-electron chi connectivity index (χ3n) is 4.95. The second-order valence-electron chi connectivity index (χ2n) is 6.09. The lowest BCUT2D eigenvalue weighted by atomic mass is 9.80. The molecule has 2 saturated heterocycles. The molecule has 0 aromatic carbocycles. The third kappa shape index (κ3) is 2.43. The molecule has 2 heterocycles. The Morgan fingerprint density at radius 1 is 1.24 bits per heavy atom. The quantitative estimate of drug-likeness (QED) is 0.721. The monoisotopic (exact) mass is 292 g/mol. The summed E-state index contributed by atoms with van der Waals surface area (Å²) in [6, 6.07) is -0.0981. The van der Waals surface area contributed by atoms with E-state index in [-0.39, 0.29) is 23.8 Å². The van der Waals surface area contributed by atoms with Crippen molar-refractivity contribution in [1.29, 1.82) is 0 Å². The van der Waals surface area contributed by atoms with Crippen LogP contribution in [0.25, 0.3) is 0 Å². The summed E-state index contributed by atoms with van der Waals surface area (Å²) in [6.45, 7) is 1.12. The number of carboxylic acids is 1. The topological polar surface area (TPSA) is 86.7 Å². The van der Waals surface area contributed by atoms with Crippen LogP contribution in [0.5, 0.6) is 0 Å². The zero-order chi connectivity index (χ0) is 15.0. The summed E-state index contributed by atoms with van der Waals surface area (Å²) in [5.41, 5.74) is 0. The van der Waals surface area contributed by atoms with Gasteiger partial charge in [-0.2, -0.15) is 0 Å². The highest BCUT2D eigenvalue weighted by Gasteiger charge is 2.45. The first kappa shape index (κ1) is 14.1. The van der Waals surface area contributed by atoms with Crippen molar-refractivity contribution in [1.82, 2.24) is 10.2 Å². The molecule has 3 aliphatic rings. The predicted octanol–water partition coefficient (Wildman–Crippen LogP) is 0.390. The van der Waals surface area contributed by atoms with Crippen LogP contribution in [0.4, 0.5) is 0 Å². The molecule has 2 fully saturated rings. The predicted molar refractivity (Wildman–Crippen MR) is 74.2 cm³/mol. The van der Waals surface area contributed by atoms with Crippen molar-refractivity contribution in [2.45, 2.75) is 31.7 Å². The largest absolute Gasteiger partial charge is 0.481 e. The van der Waals surface area contributed by atoms with Crippen LogP contribution in [0.15, 0.2) is 12.2 Å². The summed E-state index contributed by atoms with van der Waals surface area (Å²) in [5.74, 6) is -2.25. The second kappa shape index (κ2) is 5.50. The van der Waals surface area contributed by atoms with Crippen molar-refractivity contribution in [3.8, 4) is 0 Å². The van der Waals surface area contributed by atoms with Gasteiger partial charge in [0.15, 0.2) is 0 Å². The van der Waals surface area contributed by atoms with Crippen LogP contribution in [-0.2, 0) is 14.4 Å². The Balaban J connectivity index is 1.79. The summed E-state index contributed by atoms with van der Waals surface area (Å²) < 4.78 is 0. The molecule has 3 rings (SSSR count). The van der Waals surface area contributed by atoms with Gasteiger partial charge < -0.3 is 15.3 Å². The summed E-state index contributed by atoms with van der Waals surface area (Å²) >= 11 is 0. The van der Waals surface area contributed by atoms with Gasteiger partial charge in [-0.15, -0.1) is 0 Å².